The molecule has 0 aromatic carbocycles. The third-order valence-corrected chi connectivity index (χ3v) is 4.55. The van der Waals surface area contributed by atoms with Crippen LogP contribution in [0.1, 0.15) is 37.5 Å². The minimum Gasteiger partial charge on any atom is -0.392 e. The van der Waals surface area contributed by atoms with Gasteiger partial charge in [-0.15, -0.1) is 0 Å². The molecular weight excluding hydrogens is 390 g/mol. The van der Waals surface area contributed by atoms with Gasteiger partial charge in [-0.2, -0.15) is 4.98 Å². The number of hydrogen-bond donors (Lipinski definition) is 1. The minimum absolute atomic E-state index is 0.0563. The van der Waals surface area contributed by atoms with Gasteiger partial charge in [0, 0.05) is 15.1 Å². The van der Waals surface area contributed by atoms with Crippen LogP contribution in [-0.4, -0.2) is 26.3 Å². The van der Waals surface area contributed by atoms with E-state index < -0.39 is 6.10 Å². The molecule has 0 aliphatic heterocycles. The van der Waals surface area contributed by atoms with Gasteiger partial charge in [0.15, 0.2) is 0 Å². The van der Waals surface area contributed by atoms with E-state index in [1.807, 2.05) is 6.07 Å². The fourth-order valence-corrected chi connectivity index (χ4v) is 3.63. The summed E-state index contributed by atoms with van der Waals surface area (Å²) in [6.45, 7) is 0. The number of aliphatic hydroxyl groups is 1. The second-order valence-corrected chi connectivity index (χ2v) is 6.67. The van der Waals surface area contributed by atoms with E-state index >= 15 is 0 Å². The summed E-state index contributed by atoms with van der Waals surface area (Å²) in [5.74, 6) is 0.889. The lowest BCUT2D eigenvalue weighted by Crippen LogP contribution is -2.22. The van der Waals surface area contributed by atoms with Crippen LogP contribution in [0.2, 0.25) is 0 Å². The van der Waals surface area contributed by atoms with E-state index in [1.165, 1.54) is 0 Å². The Morgan fingerprint density at radius 1 is 1.25 bits per heavy atom. The van der Waals surface area contributed by atoms with Crippen molar-refractivity contribution >= 4 is 31.9 Å². The second kappa shape index (κ2) is 5.91. The highest BCUT2D eigenvalue weighted by Gasteiger charge is 2.29. The second-order valence-electron chi connectivity index (χ2n) is 4.90. The largest absolute Gasteiger partial charge is 0.392 e. The predicted octanol–water partition coefficient (Wildman–Crippen LogP) is 3.68. The van der Waals surface area contributed by atoms with Crippen LogP contribution in [0.3, 0.4) is 0 Å². The van der Waals surface area contributed by atoms with Crippen LogP contribution in [0.25, 0.3) is 11.5 Å². The molecule has 3 rings (SSSR count). The Morgan fingerprint density at radius 3 is 2.80 bits per heavy atom. The molecule has 0 amide bonds. The first-order chi connectivity index (χ1) is 9.65. The van der Waals surface area contributed by atoms with Crippen molar-refractivity contribution in [2.75, 3.05) is 0 Å². The van der Waals surface area contributed by atoms with E-state index in [0.717, 1.165) is 34.6 Å². The Bertz CT molecular complexity index is 617. The van der Waals surface area contributed by atoms with Crippen molar-refractivity contribution < 1.29 is 9.63 Å². The maximum atomic E-state index is 10.0. The molecule has 1 aliphatic carbocycles. The minimum atomic E-state index is -0.390. The molecule has 2 heterocycles. The number of pyridine rings is 1. The zero-order valence-corrected chi connectivity index (χ0v) is 13.8. The Labute approximate surface area is 133 Å². The van der Waals surface area contributed by atoms with Gasteiger partial charge in [-0.3, -0.25) is 4.98 Å². The molecule has 2 aromatic heterocycles. The highest BCUT2D eigenvalue weighted by Crippen LogP contribution is 2.34. The zero-order chi connectivity index (χ0) is 14.1. The van der Waals surface area contributed by atoms with Crippen LogP contribution < -0.4 is 0 Å². The fraction of sp³-hybridized carbons (Fsp3) is 0.462. The fourth-order valence-electron chi connectivity index (χ4n) is 2.46. The molecule has 20 heavy (non-hydrogen) atoms. The van der Waals surface area contributed by atoms with E-state index in [2.05, 4.69) is 47.0 Å². The maximum Gasteiger partial charge on any atom is 0.232 e. The summed E-state index contributed by atoms with van der Waals surface area (Å²) >= 11 is 6.79. The average Bonchev–Trinajstić information content (AvgIpc) is 2.88. The normalized spacial score (nSPS) is 22.9. The smallest absolute Gasteiger partial charge is 0.232 e. The monoisotopic (exact) mass is 401 g/mol. The molecule has 0 radical (unpaired) electrons. The van der Waals surface area contributed by atoms with Gasteiger partial charge >= 0.3 is 0 Å². The Hall–Kier alpha value is -0.790. The van der Waals surface area contributed by atoms with Crippen molar-refractivity contribution in [1.29, 1.82) is 0 Å². The molecule has 1 fully saturated rings. The molecule has 2 unspecified atom stereocenters. The van der Waals surface area contributed by atoms with Gasteiger partial charge in [-0.25, -0.2) is 0 Å². The van der Waals surface area contributed by atoms with Crippen LogP contribution >= 0.6 is 31.9 Å². The van der Waals surface area contributed by atoms with Crippen molar-refractivity contribution in [3.05, 3.63) is 27.1 Å². The van der Waals surface area contributed by atoms with Gasteiger partial charge in [0.1, 0.15) is 5.69 Å². The first-order valence-electron chi connectivity index (χ1n) is 6.48. The summed E-state index contributed by atoms with van der Waals surface area (Å²) in [6, 6.07) is 1.88. The van der Waals surface area contributed by atoms with E-state index in [-0.39, 0.29) is 5.92 Å². The molecule has 1 N–H and O–H groups in total. The van der Waals surface area contributed by atoms with E-state index in [1.54, 1.807) is 6.20 Å². The van der Waals surface area contributed by atoms with Gasteiger partial charge < -0.3 is 9.63 Å². The molecule has 0 bridgehead atoms. The van der Waals surface area contributed by atoms with Crippen LogP contribution in [0.15, 0.2) is 25.7 Å². The lowest BCUT2D eigenvalue weighted by Gasteiger charge is -2.24. The van der Waals surface area contributed by atoms with Crippen molar-refractivity contribution in [3.63, 3.8) is 0 Å². The number of hydrogen-bond acceptors (Lipinski definition) is 5. The summed E-state index contributed by atoms with van der Waals surface area (Å²) in [4.78, 5) is 8.68. The van der Waals surface area contributed by atoms with E-state index in [0.29, 0.717) is 17.4 Å². The quantitative estimate of drug-likeness (QED) is 0.829. The van der Waals surface area contributed by atoms with Crippen molar-refractivity contribution in [3.8, 4) is 11.5 Å². The molecule has 7 heteroatoms. The van der Waals surface area contributed by atoms with Crippen molar-refractivity contribution in [2.24, 2.45) is 0 Å². The van der Waals surface area contributed by atoms with Crippen LogP contribution in [0.5, 0.6) is 0 Å². The number of aromatic nitrogens is 3. The summed E-state index contributed by atoms with van der Waals surface area (Å²) < 4.78 is 6.99. The maximum absolute atomic E-state index is 10.0. The van der Waals surface area contributed by atoms with Gasteiger partial charge in [-0.1, -0.05) is 18.0 Å². The third-order valence-electron chi connectivity index (χ3n) is 3.51. The summed E-state index contributed by atoms with van der Waals surface area (Å²) in [6.07, 6.45) is 5.11. The number of rotatable bonds is 2. The first-order valence-corrected chi connectivity index (χ1v) is 8.07. The zero-order valence-electron chi connectivity index (χ0n) is 10.6. The molecule has 106 valence electrons. The summed E-state index contributed by atoms with van der Waals surface area (Å²) in [7, 11) is 0. The Balaban J connectivity index is 1.89. The standard InChI is InChI=1S/C13H13Br2N3O2/c14-7-5-9(15)11(16-6-7)12-17-13(20-18-12)8-3-1-2-4-10(8)19/h5-6,8,10,19H,1-4H2. The van der Waals surface area contributed by atoms with Crippen molar-refractivity contribution in [1.82, 2.24) is 15.1 Å². The van der Waals surface area contributed by atoms with Gasteiger partial charge in [0.25, 0.3) is 0 Å². The number of nitrogens with zero attached hydrogens (tertiary/aromatic N) is 3. The Morgan fingerprint density at radius 2 is 2.05 bits per heavy atom. The van der Waals surface area contributed by atoms with Crippen LogP contribution in [0, 0.1) is 0 Å². The molecule has 0 spiro atoms. The molecular formula is C13H13Br2N3O2. The molecule has 2 atom stereocenters. The van der Waals surface area contributed by atoms with E-state index in [9.17, 15) is 5.11 Å². The number of halogens is 2. The van der Waals surface area contributed by atoms with Crippen LogP contribution in [-0.2, 0) is 0 Å². The molecule has 1 aliphatic rings. The summed E-state index contributed by atoms with van der Waals surface area (Å²) in [5, 5.41) is 14.0. The molecule has 0 saturated heterocycles. The molecule has 1 saturated carbocycles. The average molecular weight is 403 g/mol. The van der Waals surface area contributed by atoms with Gasteiger partial charge in [0.05, 0.1) is 12.0 Å². The molecule has 5 nitrogen and oxygen atoms in total. The van der Waals surface area contributed by atoms with Crippen LogP contribution in [0.4, 0.5) is 0 Å². The third kappa shape index (κ3) is 2.80. The van der Waals surface area contributed by atoms with Gasteiger partial charge in [-0.05, 0) is 50.8 Å². The highest BCUT2D eigenvalue weighted by molar-refractivity contribution is 9.11. The first kappa shape index (κ1) is 14.2. The van der Waals surface area contributed by atoms with E-state index in [4.69, 9.17) is 4.52 Å². The lowest BCUT2D eigenvalue weighted by atomic mass is 9.86. The van der Waals surface area contributed by atoms with Crippen molar-refractivity contribution in [2.45, 2.75) is 37.7 Å². The summed E-state index contributed by atoms with van der Waals surface area (Å²) in [5.41, 5.74) is 0.633. The van der Waals surface area contributed by atoms with Gasteiger partial charge in [0.2, 0.25) is 11.7 Å². The highest BCUT2D eigenvalue weighted by atomic mass is 79.9. The lowest BCUT2D eigenvalue weighted by molar-refractivity contribution is 0.0908. The number of aliphatic hydroxyl groups excluding tert-OH is 1. The SMILES string of the molecule is OC1CCCCC1c1nc(-c2ncc(Br)cc2Br)no1. The Kier molecular flexibility index (Phi) is 4.18. The molecule has 2 aromatic rings. The topological polar surface area (TPSA) is 72.0 Å². The predicted molar refractivity (Wildman–Crippen MR) is 80.1 cm³/mol.